The van der Waals surface area contributed by atoms with Crippen molar-refractivity contribution in [1.82, 2.24) is 5.32 Å². The molecule has 3 heteroatoms. The number of rotatable bonds is 5. The molecule has 0 fully saturated rings. The lowest BCUT2D eigenvalue weighted by atomic mass is 9.94. The van der Waals surface area contributed by atoms with Gasteiger partial charge in [0, 0.05) is 10.9 Å². The van der Waals surface area contributed by atoms with Crippen LogP contribution in [0.5, 0.6) is 0 Å². The molecule has 0 saturated heterocycles. The van der Waals surface area contributed by atoms with Gasteiger partial charge in [-0.3, -0.25) is 0 Å². The third-order valence-electron chi connectivity index (χ3n) is 3.07. The molecule has 1 aliphatic carbocycles. The molecule has 84 valence electrons. The summed E-state index contributed by atoms with van der Waals surface area (Å²) in [6.07, 6.45) is 6.26. The molecule has 1 aromatic rings. The van der Waals surface area contributed by atoms with Crippen LogP contribution in [0.1, 0.15) is 42.2 Å². The SMILES string of the molecule is NCCCCNC1CCCc2sccc21. The standard InChI is InChI=1S/C12H20N2S/c13-7-1-2-8-14-11-4-3-5-12-10(11)6-9-15-12/h6,9,11,14H,1-5,7-8,13H2. The molecule has 3 N–H and O–H groups in total. The van der Waals surface area contributed by atoms with Crippen LogP contribution >= 0.6 is 11.3 Å². The van der Waals surface area contributed by atoms with E-state index in [1.807, 2.05) is 11.3 Å². The van der Waals surface area contributed by atoms with Gasteiger partial charge in [0.15, 0.2) is 0 Å². The Kier molecular flexibility index (Phi) is 4.18. The van der Waals surface area contributed by atoms with E-state index in [1.165, 1.54) is 25.7 Å². The molecule has 0 radical (unpaired) electrons. The Bertz CT molecular complexity index is 296. The lowest BCUT2D eigenvalue weighted by Gasteiger charge is -2.23. The Hall–Kier alpha value is -0.380. The first-order valence-electron chi connectivity index (χ1n) is 5.91. The molecule has 15 heavy (non-hydrogen) atoms. The van der Waals surface area contributed by atoms with E-state index in [2.05, 4.69) is 16.8 Å². The van der Waals surface area contributed by atoms with Crippen LogP contribution in [0.15, 0.2) is 11.4 Å². The molecule has 0 aliphatic heterocycles. The quantitative estimate of drug-likeness (QED) is 0.754. The molecule has 2 nitrogen and oxygen atoms in total. The van der Waals surface area contributed by atoms with Gasteiger partial charge < -0.3 is 11.1 Å². The Morgan fingerprint density at radius 1 is 1.47 bits per heavy atom. The fraction of sp³-hybridized carbons (Fsp3) is 0.667. The summed E-state index contributed by atoms with van der Waals surface area (Å²) in [6, 6.07) is 2.90. The normalized spacial score (nSPS) is 20.2. The van der Waals surface area contributed by atoms with Gasteiger partial charge in [0.2, 0.25) is 0 Å². The third-order valence-corrected chi connectivity index (χ3v) is 4.07. The van der Waals surface area contributed by atoms with Crippen LogP contribution in [0.2, 0.25) is 0 Å². The molecule has 1 aliphatic rings. The van der Waals surface area contributed by atoms with E-state index < -0.39 is 0 Å². The van der Waals surface area contributed by atoms with Crippen molar-refractivity contribution in [1.29, 1.82) is 0 Å². The van der Waals surface area contributed by atoms with Gasteiger partial charge in [-0.05, 0) is 62.2 Å². The lowest BCUT2D eigenvalue weighted by Crippen LogP contribution is -2.25. The van der Waals surface area contributed by atoms with Crippen LogP contribution in [-0.4, -0.2) is 13.1 Å². The van der Waals surface area contributed by atoms with Gasteiger partial charge in [-0.1, -0.05) is 0 Å². The van der Waals surface area contributed by atoms with Crippen molar-refractivity contribution in [2.45, 2.75) is 38.1 Å². The topological polar surface area (TPSA) is 38.0 Å². The van der Waals surface area contributed by atoms with E-state index in [4.69, 9.17) is 5.73 Å². The zero-order valence-electron chi connectivity index (χ0n) is 9.17. The van der Waals surface area contributed by atoms with Crippen molar-refractivity contribution in [3.05, 3.63) is 21.9 Å². The Morgan fingerprint density at radius 3 is 3.27 bits per heavy atom. The largest absolute Gasteiger partial charge is 0.330 e. The van der Waals surface area contributed by atoms with Crippen molar-refractivity contribution in [3.63, 3.8) is 0 Å². The highest BCUT2D eigenvalue weighted by Crippen LogP contribution is 2.33. The highest BCUT2D eigenvalue weighted by atomic mass is 32.1. The van der Waals surface area contributed by atoms with Crippen LogP contribution in [-0.2, 0) is 6.42 Å². The number of hydrogen-bond acceptors (Lipinski definition) is 3. The Balaban J connectivity index is 1.84. The van der Waals surface area contributed by atoms with Gasteiger partial charge in [0.1, 0.15) is 0 Å². The number of aryl methyl sites for hydroxylation is 1. The van der Waals surface area contributed by atoms with Gasteiger partial charge in [0.05, 0.1) is 0 Å². The maximum absolute atomic E-state index is 5.48. The molecule has 1 aromatic heterocycles. The summed E-state index contributed by atoms with van der Waals surface area (Å²) in [6.45, 7) is 1.92. The minimum absolute atomic E-state index is 0.609. The van der Waals surface area contributed by atoms with Gasteiger partial charge in [-0.15, -0.1) is 11.3 Å². The van der Waals surface area contributed by atoms with Crippen molar-refractivity contribution < 1.29 is 0 Å². The summed E-state index contributed by atoms with van der Waals surface area (Å²) in [5, 5.41) is 5.88. The lowest BCUT2D eigenvalue weighted by molar-refractivity contribution is 0.456. The Labute approximate surface area is 95.9 Å². The van der Waals surface area contributed by atoms with E-state index in [0.29, 0.717) is 6.04 Å². The van der Waals surface area contributed by atoms with Gasteiger partial charge in [0.25, 0.3) is 0 Å². The van der Waals surface area contributed by atoms with Crippen molar-refractivity contribution in [2.75, 3.05) is 13.1 Å². The highest BCUT2D eigenvalue weighted by molar-refractivity contribution is 7.10. The van der Waals surface area contributed by atoms with Gasteiger partial charge in [-0.2, -0.15) is 0 Å². The number of thiophene rings is 1. The number of unbranched alkanes of at least 4 members (excludes halogenated alkanes) is 1. The molecule has 1 unspecified atom stereocenters. The zero-order chi connectivity index (χ0) is 10.5. The van der Waals surface area contributed by atoms with Crippen molar-refractivity contribution in [3.8, 4) is 0 Å². The van der Waals surface area contributed by atoms with Crippen molar-refractivity contribution in [2.24, 2.45) is 5.73 Å². The predicted octanol–water partition coefficient (Wildman–Crippen LogP) is 2.45. The first-order valence-corrected chi connectivity index (χ1v) is 6.79. The van der Waals surface area contributed by atoms with E-state index in [-0.39, 0.29) is 0 Å². The summed E-state index contributed by atoms with van der Waals surface area (Å²) in [5.41, 5.74) is 7.04. The highest BCUT2D eigenvalue weighted by Gasteiger charge is 2.19. The molecule has 0 aromatic carbocycles. The molecular weight excluding hydrogens is 204 g/mol. The average molecular weight is 224 g/mol. The maximum atomic E-state index is 5.48. The smallest absolute Gasteiger partial charge is 0.0331 e. The van der Waals surface area contributed by atoms with Gasteiger partial charge in [-0.25, -0.2) is 0 Å². The van der Waals surface area contributed by atoms with E-state index >= 15 is 0 Å². The average Bonchev–Trinajstić information content (AvgIpc) is 2.73. The van der Waals surface area contributed by atoms with Crippen LogP contribution in [0.25, 0.3) is 0 Å². The zero-order valence-corrected chi connectivity index (χ0v) is 9.98. The Morgan fingerprint density at radius 2 is 2.40 bits per heavy atom. The van der Waals surface area contributed by atoms with E-state index in [0.717, 1.165) is 19.5 Å². The molecule has 2 rings (SSSR count). The number of nitrogens with two attached hydrogens (primary N) is 1. The molecular formula is C12H20N2S. The number of fused-ring (bicyclic) bond motifs is 1. The summed E-state index contributed by atoms with van der Waals surface area (Å²) < 4.78 is 0. The predicted molar refractivity (Wildman–Crippen MR) is 66.3 cm³/mol. The van der Waals surface area contributed by atoms with Crippen LogP contribution < -0.4 is 11.1 Å². The van der Waals surface area contributed by atoms with E-state index in [1.54, 1.807) is 10.4 Å². The fourth-order valence-electron chi connectivity index (χ4n) is 2.24. The summed E-state index contributed by atoms with van der Waals surface area (Å²) in [5.74, 6) is 0. The first-order chi connectivity index (χ1) is 7.42. The first kappa shape index (κ1) is 11.1. The fourth-order valence-corrected chi connectivity index (χ4v) is 3.23. The minimum atomic E-state index is 0.609. The minimum Gasteiger partial charge on any atom is -0.330 e. The second kappa shape index (κ2) is 5.64. The van der Waals surface area contributed by atoms with Gasteiger partial charge >= 0.3 is 0 Å². The molecule has 0 amide bonds. The molecule has 0 bridgehead atoms. The second-order valence-corrected chi connectivity index (χ2v) is 5.19. The molecule has 1 atom stereocenters. The number of nitrogens with one attached hydrogen (secondary N) is 1. The van der Waals surface area contributed by atoms with Crippen LogP contribution in [0, 0.1) is 0 Å². The maximum Gasteiger partial charge on any atom is 0.0331 e. The van der Waals surface area contributed by atoms with Crippen molar-refractivity contribution >= 4 is 11.3 Å². The van der Waals surface area contributed by atoms with Crippen LogP contribution in [0.3, 0.4) is 0 Å². The third kappa shape index (κ3) is 2.80. The summed E-state index contributed by atoms with van der Waals surface area (Å²) >= 11 is 1.91. The molecule has 0 saturated carbocycles. The van der Waals surface area contributed by atoms with E-state index in [9.17, 15) is 0 Å². The summed E-state index contributed by atoms with van der Waals surface area (Å²) in [4.78, 5) is 1.59. The number of hydrogen-bond donors (Lipinski definition) is 2. The second-order valence-electron chi connectivity index (χ2n) is 4.19. The molecule has 1 heterocycles. The monoisotopic (exact) mass is 224 g/mol. The summed E-state index contributed by atoms with van der Waals surface area (Å²) in [7, 11) is 0. The molecule has 0 spiro atoms. The van der Waals surface area contributed by atoms with Crippen LogP contribution in [0.4, 0.5) is 0 Å².